The Labute approximate surface area is 181 Å². The average molecular weight is 414 g/mol. The lowest BCUT2D eigenvalue weighted by atomic mass is 9.49. The van der Waals surface area contributed by atoms with Crippen LogP contribution in [-0.2, 0) is 4.79 Å². The van der Waals surface area contributed by atoms with Crippen LogP contribution in [-0.4, -0.2) is 5.91 Å². The SMILES string of the molecule is O=C(CC12CC3CC(CC(C3)C1)C2)Nc1cccc(-c2cc3ccccc3oc2=O)c1. The Balaban J connectivity index is 1.22. The molecule has 0 aliphatic heterocycles. The van der Waals surface area contributed by atoms with Crippen molar-refractivity contribution in [1.82, 2.24) is 0 Å². The fourth-order valence-corrected chi connectivity index (χ4v) is 7.08. The first-order valence-electron chi connectivity index (χ1n) is 11.5. The zero-order chi connectivity index (χ0) is 21.0. The largest absolute Gasteiger partial charge is 0.422 e. The maximum absolute atomic E-state index is 13.0. The van der Waals surface area contributed by atoms with E-state index in [1.165, 1.54) is 38.5 Å². The number of benzene rings is 2. The summed E-state index contributed by atoms with van der Waals surface area (Å²) in [5.74, 6) is 2.63. The smallest absolute Gasteiger partial charge is 0.344 e. The third-order valence-corrected chi connectivity index (χ3v) is 7.80. The van der Waals surface area contributed by atoms with Crippen molar-refractivity contribution in [1.29, 1.82) is 0 Å². The molecule has 0 saturated heterocycles. The topological polar surface area (TPSA) is 59.3 Å². The maximum Gasteiger partial charge on any atom is 0.344 e. The Morgan fingerprint density at radius 1 is 0.935 bits per heavy atom. The Bertz CT molecular complexity index is 1190. The minimum absolute atomic E-state index is 0.102. The molecule has 4 nitrogen and oxygen atoms in total. The van der Waals surface area contributed by atoms with Gasteiger partial charge in [0.2, 0.25) is 5.91 Å². The lowest BCUT2D eigenvalue weighted by Gasteiger charge is -2.56. The van der Waals surface area contributed by atoms with Crippen LogP contribution in [0.4, 0.5) is 5.69 Å². The number of rotatable bonds is 4. The molecule has 0 radical (unpaired) electrons. The van der Waals surface area contributed by atoms with Crippen molar-refractivity contribution < 1.29 is 9.21 Å². The van der Waals surface area contributed by atoms with Gasteiger partial charge in [-0.25, -0.2) is 4.79 Å². The second-order valence-corrected chi connectivity index (χ2v) is 10.2. The Hall–Kier alpha value is -2.88. The highest BCUT2D eigenvalue weighted by Gasteiger charge is 2.51. The van der Waals surface area contributed by atoms with Crippen LogP contribution in [0.3, 0.4) is 0 Å². The highest BCUT2D eigenvalue weighted by molar-refractivity contribution is 5.92. The van der Waals surface area contributed by atoms with Gasteiger partial charge >= 0.3 is 5.63 Å². The van der Waals surface area contributed by atoms with Crippen molar-refractivity contribution in [3.8, 4) is 11.1 Å². The average Bonchev–Trinajstić information content (AvgIpc) is 2.72. The summed E-state index contributed by atoms with van der Waals surface area (Å²) in [6, 6.07) is 16.9. The number of anilines is 1. The van der Waals surface area contributed by atoms with E-state index in [1.54, 1.807) is 6.07 Å². The van der Waals surface area contributed by atoms with E-state index in [0.717, 1.165) is 34.4 Å². The van der Waals surface area contributed by atoms with E-state index >= 15 is 0 Å². The zero-order valence-electron chi connectivity index (χ0n) is 17.6. The van der Waals surface area contributed by atoms with Gasteiger partial charge in [0.25, 0.3) is 0 Å². The van der Waals surface area contributed by atoms with E-state index in [4.69, 9.17) is 4.42 Å². The summed E-state index contributed by atoms with van der Waals surface area (Å²) in [6.07, 6.45) is 8.46. The van der Waals surface area contributed by atoms with Crippen molar-refractivity contribution in [2.45, 2.75) is 44.9 Å². The molecule has 0 spiro atoms. The molecule has 1 aromatic heterocycles. The van der Waals surface area contributed by atoms with Crippen LogP contribution in [0.1, 0.15) is 44.9 Å². The van der Waals surface area contributed by atoms with Crippen molar-refractivity contribution in [2.24, 2.45) is 23.2 Å². The fourth-order valence-electron chi connectivity index (χ4n) is 7.08. The van der Waals surface area contributed by atoms with Gasteiger partial charge in [-0.05, 0) is 91.5 Å². The molecule has 1 amide bonds. The first-order valence-corrected chi connectivity index (χ1v) is 11.5. The number of carbonyl (C=O) groups excluding carboxylic acids is 1. The summed E-state index contributed by atoms with van der Waals surface area (Å²) in [5, 5.41) is 3.99. The van der Waals surface area contributed by atoms with Crippen LogP contribution in [0.5, 0.6) is 0 Å². The molecule has 4 aliphatic carbocycles. The number of hydrogen-bond donors (Lipinski definition) is 1. The molecular weight excluding hydrogens is 386 g/mol. The second kappa shape index (κ2) is 7.08. The Morgan fingerprint density at radius 3 is 2.39 bits per heavy atom. The van der Waals surface area contributed by atoms with E-state index in [0.29, 0.717) is 17.6 Å². The molecule has 0 unspecified atom stereocenters. The molecule has 4 bridgehead atoms. The molecule has 1 N–H and O–H groups in total. The standard InChI is InChI=1S/C27H27NO3/c29-25(16-27-13-17-8-18(14-27)10-19(9-17)15-27)28-22-6-3-5-20(11-22)23-12-21-4-1-2-7-24(21)31-26(23)30/h1-7,11-12,17-19H,8-10,13-16H2,(H,28,29). The van der Waals surface area contributed by atoms with Gasteiger partial charge in [-0.2, -0.15) is 0 Å². The van der Waals surface area contributed by atoms with Gasteiger partial charge in [0.15, 0.2) is 0 Å². The molecule has 158 valence electrons. The highest BCUT2D eigenvalue weighted by atomic mass is 16.4. The summed E-state index contributed by atoms with van der Waals surface area (Å²) in [5.41, 5.74) is 2.44. The maximum atomic E-state index is 13.0. The quantitative estimate of drug-likeness (QED) is 0.533. The van der Waals surface area contributed by atoms with E-state index in [-0.39, 0.29) is 16.9 Å². The second-order valence-electron chi connectivity index (χ2n) is 10.2. The van der Waals surface area contributed by atoms with Crippen molar-refractivity contribution in [3.05, 3.63) is 65.0 Å². The van der Waals surface area contributed by atoms with Crippen LogP contribution in [0.25, 0.3) is 22.1 Å². The summed E-state index contributed by atoms with van der Waals surface area (Å²) < 4.78 is 5.48. The van der Waals surface area contributed by atoms with Gasteiger partial charge in [0.05, 0.1) is 5.56 Å². The van der Waals surface area contributed by atoms with Gasteiger partial charge in [-0.15, -0.1) is 0 Å². The summed E-state index contributed by atoms with van der Waals surface area (Å²) in [4.78, 5) is 25.5. The highest BCUT2D eigenvalue weighted by Crippen LogP contribution is 2.61. The van der Waals surface area contributed by atoms with Gasteiger partial charge in [0.1, 0.15) is 5.58 Å². The molecule has 31 heavy (non-hydrogen) atoms. The number of para-hydroxylation sites is 1. The molecular formula is C27H27NO3. The van der Waals surface area contributed by atoms with Crippen molar-refractivity contribution in [2.75, 3.05) is 5.32 Å². The molecule has 4 aliphatic rings. The van der Waals surface area contributed by atoms with Gasteiger partial charge < -0.3 is 9.73 Å². The molecule has 4 heteroatoms. The lowest BCUT2D eigenvalue weighted by Crippen LogP contribution is -2.47. The van der Waals surface area contributed by atoms with Crippen molar-refractivity contribution >= 4 is 22.6 Å². The number of fused-ring (bicyclic) bond motifs is 1. The molecule has 2 aromatic carbocycles. The van der Waals surface area contributed by atoms with E-state index in [1.807, 2.05) is 48.5 Å². The van der Waals surface area contributed by atoms with Gasteiger partial charge in [-0.1, -0.05) is 30.3 Å². The molecule has 4 fully saturated rings. The molecule has 0 atom stereocenters. The number of nitrogens with one attached hydrogen (secondary N) is 1. The van der Waals surface area contributed by atoms with Crippen LogP contribution in [0.2, 0.25) is 0 Å². The van der Waals surface area contributed by atoms with E-state index in [2.05, 4.69) is 5.32 Å². The molecule has 1 heterocycles. The number of amides is 1. The van der Waals surface area contributed by atoms with Crippen LogP contribution < -0.4 is 10.9 Å². The summed E-state index contributed by atoms with van der Waals surface area (Å²) >= 11 is 0. The zero-order valence-corrected chi connectivity index (χ0v) is 17.6. The monoisotopic (exact) mass is 413 g/mol. The third kappa shape index (κ3) is 3.48. The first kappa shape index (κ1) is 18.9. The number of hydrogen-bond acceptors (Lipinski definition) is 3. The summed E-state index contributed by atoms with van der Waals surface area (Å²) in [6.45, 7) is 0. The van der Waals surface area contributed by atoms with Crippen LogP contribution >= 0.6 is 0 Å². The molecule has 4 saturated carbocycles. The minimum atomic E-state index is -0.365. The number of carbonyl (C=O) groups is 1. The predicted octanol–water partition coefficient (Wildman–Crippen LogP) is 6.01. The lowest BCUT2D eigenvalue weighted by molar-refractivity contribution is -0.124. The molecule has 7 rings (SSSR count). The Kier molecular flexibility index (Phi) is 4.31. The Morgan fingerprint density at radius 2 is 1.65 bits per heavy atom. The first-order chi connectivity index (χ1) is 15.1. The fraction of sp³-hybridized carbons (Fsp3) is 0.407. The normalized spacial score (nSPS) is 28.7. The predicted molar refractivity (Wildman–Crippen MR) is 122 cm³/mol. The summed E-state index contributed by atoms with van der Waals surface area (Å²) in [7, 11) is 0. The van der Waals surface area contributed by atoms with E-state index in [9.17, 15) is 9.59 Å². The minimum Gasteiger partial charge on any atom is -0.422 e. The van der Waals surface area contributed by atoms with Crippen LogP contribution in [0, 0.1) is 23.2 Å². The van der Waals surface area contributed by atoms with Gasteiger partial charge in [0, 0.05) is 17.5 Å². The van der Waals surface area contributed by atoms with Crippen molar-refractivity contribution in [3.63, 3.8) is 0 Å². The van der Waals surface area contributed by atoms with E-state index < -0.39 is 0 Å². The van der Waals surface area contributed by atoms with Crippen LogP contribution in [0.15, 0.2) is 63.8 Å². The third-order valence-electron chi connectivity index (χ3n) is 7.80. The molecule has 3 aromatic rings. The van der Waals surface area contributed by atoms with Gasteiger partial charge in [-0.3, -0.25) is 4.79 Å².